The van der Waals surface area contributed by atoms with E-state index in [4.69, 9.17) is 0 Å². The first-order valence-corrected chi connectivity index (χ1v) is 7.74. The second-order valence-electron chi connectivity index (χ2n) is 2.76. The molecule has 0 saturated carbocycles. The van der Waals surface area contributed by atoms with Crippen LogP contribution in [0.15, 0.2) is 0 Å². The summed E-state index contributed by atoms with van der Waals surface area (Å²) in [5.74, 6) is 0.931. The fraction of sp³-hybridized carbons (Fsp3) is 1.00. The fourth-order valence-electron chi connectivity index (χ4n) is 0.713. The zero-order valence-electron chi connectivity index (χ0n) is 8.08. The molecule has 4 nitrogen and oxygen atoms in total. The van der Waals surface area contributed by atoms with Gasteiger partial charge in [0.25, 0.3) is 0 Å². The van der Waals surface area contributed by atoms with Crippen LogP contribution in [0.1, 0.15) is 6.92 Å². The van der Waals surface area contributed by atoms with E-state index in [1.165, 1.54) is 0 Å². The molecule has 0 amide bonds. The molecule has 0 bridgehead atoms. The van der Waals surface area contributed by atoms with Gasteiger partial charge in [0.15, 0.2) is 9.84 Å². The van der Waals surface area contributed by atoms with Crippen molar-refractivity contribution in [3.8, 4) is 0 Å². The van der Waals surface area contributed by atoms with Crippen LogP contribution in [0.2, 0.25) is 0 Å². The molecule has 0 fully saturated rings. The minimum atomic E-state index is -2.86. The molecule has 0 aliphatic carbocycles. The van der Waals surface area contributed by atoms with Gasteiger partial charge in [-0.2, -0.15) is 0 Å². The fourth-order valence-corrected chi connectivity index (χ4v) is 1.89. The van der Waals surface area contributed by atoms with E-state index in [0.717, 1.165) is 0 Å². The van der Waals surface area contributed by atoms with Crippen molar-refractivity contribution in [2.75, 3.05) is 36.6 Å². The molecule has 1 N–H and O–H groups in total. The molecule has 0 rings (SSSR count). The van der Waals surface area contributed by atoms with E-state index in [2.05, 4.69) is 5.32 Å². The molecule has 0 aromatic heterocycles. The van der Waals surface area contributed by atoms with E-state index < -0.39 is 20.6 Å². The van der Waals surface area contributed by atoms with Gasteiger partial charge in [-0.1, -0.05) is 6.92 Å². The molecule has 0 spiro atoms. The Bertz CT molecular complexity index is 248. The van der Waals surface area contributed by atoms with Crippen molar-refractivity contribution in [1.82, 2.24) is 5.32 Å². The van der Waals surface area contributed by atoms with E-state index >= 15 is 0 Å². The second-order valence-corrected chi connectivity index (χ2v) is 6.79. The first-order valence-electron chi connectivity index (χ1n) is 4.19. The molecule has 0 aliphatic heterocycles. The van der Waals surface area contributed by atoms with Gasteiger partial charge in [-0.15, -0.1) is 0 Å². The Morgan fingerprint density at radius 1 is 1.31 bits per heavy atom. The highest BCUT2D eigenvalue weighted by Crippen LogP contribution is 1.86. The van der Waals surface area contributed by atoms with E-state index in [9.17, 15) is 12.6 Å². The van der Waals surface area contributed by atoms with Crippen LogP contribution >= 0.6 is 0 Å². The number of nitrogens with one attached hydrogen (secondary N) is 1. The molecule has 1 unspecified atom stereocenters. The first kappa shape index (κ1) is 13.1. The van der Waals surface area contributed by atoms with Crippen LogP contribution in [0, 0.1) is 0 Å². The van der Waals surface area contributed by atoms with Crippen LogP contribution < -0.4 is 5.32 Å². The maximum atomic E-state index is 11.0. The molecule has 80 valence electrons. The zero-order valence-corrected chi connectivity index (χ0v) is 9.71. The summed E-state index contributed by atoms with van der Waals surface area (Å²) in [5, 5.41) is 2.93. The number of rotatable bonds is 7. The SMILES string of the molecule is CCS(=O)(=O)CCNCCS(C)=O. The summed E-state index contributed by atoms with van der Waals surface area (Å²) >= 11 is 0. The average Bonchev–Trinajstić information content (AvgIpc) is 2.03. The minimum Gasteiger partial charge on any atom is -0.315 e. The van der Waals surface area contributed by atoms with Gasteiger partial charge in [-0.3, -0.25) is 4.21 Å². The Hall–Kier alpha value is 0.0600. The topological polar surface area (TPSA) is 63.2 Å². The highest BCUT2D eigenvalue weighted by Gasteiger charge is 2.05. The van der Waals surface area contributed by atoms with E-state index in [1.807, 2.05) is 0 Å². The Balaban J connectivity index is 3.42. The minimum absolute atomic E-state index is 0.167. The normalized spacial score (nSPS) is 14.3. The Morgan fingerprint density at radius 2 is 1.92 bits per heavy atom. The third-order valence-electron chi connectivity index (χ3n) is 1.60. The van der Waals surface area contributed by atoms with E-state index in [1.54, 1.807) is 13.2 Å². The predicted octanol–water partition coefficient (Wildman–Crippen LogP) is -0.611. The molecule has 6 heteroatoms. The molecule has 0 aromatic carbocycles. The number of hydrogen-bond acceptors (Lipinski definition) is 4. The third kappa shape index (κ3) is 8.39. The molecule has 13 heavy (non-hydrogen) atoms. The number of hydrogen-bond donors (Lipinski definition) is 1. The van der Waals surface area contributed by atoms with Crippen molar-refractivity contribution in [2.24, 2.45) is 0 Å². The van der Waals surface area contributed by atoms with Gasteiger partial charge in [0, 0.05) is 41.7 Å². The molecular formula is C7H17NO3S2. The lowest BCUT2D eigenvalue weighted by atomic mass is 10.7. The van der Waals surface area contributed by atoms with Crippen molar-refractivity contribution in [3.63, 3.8) is 0 Å². The van der Waals surface area contributed by atoms with Crippen LogP contribution in [0.3, 0.4) is 0 Å². The van der Waals surface area contributed by atoms with Crippen LogP contribution in [-0.4, -0.2) is 49.2 Å². The summed E-state index contributed by atoms with van der Waals surface area (Å²) in [7, 11) is -3.66. The molecule has 0 radical (unpaired) electrons. The van der Waals surface area contributed by atoms with Crippen LogP contribution in [0.25, 0.3) is 0 Å². The molecule has 1 atom stereocenters. The van der Waals surface area contributed by atoms with E-state index in [-0.39, 0.29) is 11.5 Å². The number of sulfone groups is 1. The zero-order chi connectivity index (χ0) is 10.3. The summed E-state index contributed by atoms with van der Waals surface area (Å²) in [5.41, 5.74) is 0. The second kappa shape index (κ2) is 6.50. The van der Waals surface area contributed by atoms with Gasteiger partial charge >= 0.3 is 0 Å². The summed E-state index contributed by atoms with van der Waals surface area (Å²) in [4.78, 5) is 0. The van der Waals surface area contributed by atoms with E-state index in [0.29, 0.717) is 18.8 Å². The van der Waals surface area contributed by atoms with Crippen molar-refractivity contribution in [2.45, 2.75) is 6.92 Å². The highest BCUT2D eigenvalue weighted by atomic mass is 32.2. The Labute approximate surface area is 82.5 Å². The van der Waals surface area contributed by atoms with Crippen molar-refractivity contribution >= 4 is 20.6 Å². The van der Waals surface area contributed by atoms with Crippen molar-refractivity contribution in [1.29, 1.82) is 0 Å². The first-order chi connectivity index (χ1) is 5.98. The molecule has 0 saturated heterocycles. The van der Waals surface area contributed by atoms with Gasteiger partial charge in [-0.25, -0.2) is 8.42 Å². The lowest BCUT2D eigenvalue weighted by Gasteiger charge is -2.02. The standard InChI is InChI=1S/C7H17NO3S2/c1-3-13(10,11)7-5-8-4-6-12(2)9/h8H,3-7H2,1-2H3. The monoisotopic (exact) mass is 227 g/mol. The summed E-state index contributed by atoms with van der Waals surface area (Å²) in [6.07, 6.45) is 1.63. The maximum Gasteiger partial charge on any atom is 0.151 e. The highest BCUT2D eigenvalue weighted by molar-refractivity contribution is 7.91. The third-order valence-corrected chi connectivity index (χ3v) is 4.08. The molecule has 0 heterocycles. The average molecular weight is 227 g/mol. The molecule has 0 aromatic rings. The lowest BCUT2D eigenvalue weighted by molar-refractivity contribution is 0.593. The van der Waals surface area contributed by atoms with Gasteiger partial charge in [0.1, 0.15) is 0 Å². The van der Waals surface area contributed by atoms with Gasteiger partial charge in [0.2, 0.25) is 0 Å². The predicted molar refractivity (Wildman–Crippen MR) is 56.1 cm³/mol. The van der Waals surface area contributed by atoms with Crippen molar-refractivity contribution < 1.29 is 12.6 Å². The summed E-state index contributed by atoms with van der Waals surface area (Å²) < 4.78 is 32.6. The Morgan fingerprint density at radius 3 is 2.38 bits per heavy atom. The van der Waals surface area contributed by atoms with Crippen LogP contribution in [0.4, 0.5) is 0 Å². The summed E-state index contributed by atoms with van der Waals surface area (Å²) in [6, 6.07) is 0. The van der Waals surface area contributed by atoms with Crippen LogP contribution in [-0.2, 0) is 20.6 Å². The smallest absolute Gasteiger partial charge is 0.151 e. The Kier molecular flexibility index (Phi) is 6.53. The molecular weight excluding hydrogens is 210 g/mol. The molecule has 0 aliphatic rings. The largest absolute Gasteiger partial charge is 0.315 e. The maximum absolute atomic E-state index is 11.0. The lowest BCUT2D eigenvalue weighted by Crippen LogP contribution is -2.27. The van der Waals surface area contributed by atoms with Crippen LogP contribution in [0.5, 0.6) is 0 Å². The summed E-state index contributed by atoms with van der Waals surface area (Å²) in [6.45, 7) is 2.70. The van der Waals surface area contributed by atoms with Crippen molar-refractivity contribution in [3.05, 3.63) is 0 Å². The quantitative estimate of drug-likeness (QED) is 0.589. The van der Waals surface area contributed by atoms with Gasteiger partial charge in [0.05, 0.1) is 5.75 Å². The van der Waals surface area contributed by atoms with Gasteiger partial charge in [-0.05, 0) is 0 Å². The van der Waals surface area contributed by atoms with Gasteiger partial charge < -0.3 is 5.32 Å².